The van der Waals surface area contributed by atoms with Crippen LogP contribution in [0.3, 0.4) is 0 Å². The summed E-state index contributed by atoms with van der Waals surface area (Å²) in [5, 5.41) is 3.02. The van der Waals surface area contributed by atoms with E-state index in [0.717, 1.165) is 18.9 Å². The van der Waals surface area contributed by atoms with Gasteiger partial charge in [0, 0.05) is 19.5 Å². The Hall–Kier alpha value is -0.530. The fraction of sp³-hybridized carbons (Fsp3) is 0.600. The van der Waals surface area contributed by atoms with Crippen LogP contribution in [0.15, 0.2) is 4.99 Å². The van der Waals surface area contributed by atoms with E-state index in [1.54, 1.807) is 0 Å². The Balaban J connectivity index is 2.40. The van der Waals surface area contributed by atoms with Gasteiger partial charge in [0.25, 0.3) is 0 Å². The third kappa shape index (κ3) is 1.18. The SMILES string of the molecule is CC1=NC[C]CN1. The monoisotopic (exact) mass is 96.1 g/mol. The Morgan fingerprint density at radius 2 is 2.71 bits per heavy atom. The maximum absolute atomic E-state index is 4.02. The molecule has 38 valence electrons. The minimum Gasteiger partial charge on any atom is -0.373 e. The second kappa shape index (κ2) is 1.96. The number of rotatable bonds is 0. The summed E-state index contributed by atoms with van der Waals surface area (Å²) in [6.45, 7) is 3.58. The van der Waals surface area contributed by atoms with Crippen LogP contribution in [0, 0.1) is 6.42 Å². The molecule has 1 aliphatic heterocycles. The van der Waals surface area contributed by atoms with Crippen molar-refractivity contribution in [3.8, 4) is 0 Å². The molecule has 0 unspecified atom stereocenters. The quantitative estimate of drug-likeness (QED) is 0.454. The third-order valence-electron chi connectivity index (χ3n) is 0.897. The molecule has 2 radical (unpaired) electrons. The molecule has 1 aliphatic rings. The van der Waals surface area contributed by atoms with Gasteiger partial charge in [-0.25, -0.2) is 0 Å². The first-order valence-corrected chi connectivity index (χ1v) is 2.35. The number of aliphatic imine (C=N–C) groups is 1. The molecule has 1 rings (SSSR count). The molecule has 0 aromatic rings. The molecule has 0 aromatic carbocycles. The highest BCUT2D eigenvalue weighted by molar-refractivity contribution is 5.80. The highest BCUT2D eigenvalue weighted by Gasteiger charge is 1.95. The summed E-state index contributed by atoms with van der Waals surface area (Å²) < 4.78 is 0. The van der Waals surface area contributed by atoms with Crippen molar-refractivity contribution in [2.75, 3.05) is 13.1 Å². The van der Waals surface area contributed by atoms with Crippen LogP contribution in [0.1, 0.15) is 6.92 Å². The second-order valence-electron chi connectivity index (χ2n) is 1.51. The lowest BCUT2D eigenvalue weighted by molar-refractivity contribution is 0.876. The van der Waals surface area contributed by atoms with Gasteiger partial charge in [0.15, 0.2) is 0 Å². The minimum atomic E-state index is 0.763. The van der Waals surface area contributed by atoms with Crippen molar-refractivity contribution in [3.63, 3.8) is 0 Å². The van der Waals surface area contributed by atoms with E-state index in [4.69, 9.17) is 0 Å². The number of amidine groups is 1. The maximum atomic E-state index is 4.02. The van der Waals surface area contributed by atoms with Gasteiger partial charge in [-0.3, -0.25) is 4.99 Å². The molecule has 0 atom stereocenters. The number of hydrogen-bond donors (Lipinski definition) is 1. The van der Waals surface area contributed by atoms with Crippen molar-refractivity contribution in [3.05, 3.63) is 6.42 Å². The third-order valence-corrected chi connectivity index (χ3v) is 0.897. The number of nitrogens with zero attached hydrogens (tertiary/aromatic N) is 1. The fourth-order valence-corrected chi connectivity index (χ4v) is 0.477. The number of nitrogens with one attached hydrogen (secondary N) is 1. The van der Waals surface area contributed by atoms with E-state index in [-0.39, 0.29) is 0 Å². The molecule has 0 fully saturated rings. The smallest absolute Gasteiger partial charge is 0.0932 e. The van der Waals surface area contributed by atoms with Crippen molar-refractivity contribution >= 4 is 5.84 Å². The molecule has 0 saturated heterocycles. The standard InChI is InChI=1S/C5H8N2/c1-5-6-3-2-4-7-5/h3-4H2,1H3,(H,6,7). The van der Waals surface area contributed by atoms with Crippen molar-refractivity contribution < 1.29 is 0 Å². The van der Waals surface area contributed by atoms with Gasteiger partial charge in [-0.1, -0.05) is 0 Å². The molecule has 0 spiro atoms. The zero-order valence-corrected chi connectivity index (χ0v) is 4.36. The van der Waals surface area contributed by atoms with Crippen molar-refractivity contribution in [1.82, 2.24) is 5.32 Å². The average molecular weight is 96.1 g/mol. The van der Waals surface area contributed by atoms with E-state index in [9.17, 15) is 0 Å². The summed E-state index contributed by atoms with van der Waals surface area (Å²) >= 11 is 0. The molecule has 0 amide bonds. The molecular weight excluding hydrogens is 88.1 g/mol. The first-order valence-electron chi connectivity index (χ1n) is 2.35. The summed E-state index contributed by atoms with van der Waals surface area (Å²) in [6, 6.07) is 0. The van der Waals surface area contributed by atoms with Crippen LogP contribution in [-0.2, 0) is 0 Å². The van der Waals surface area contributed by atoms with Crippen LogP contribution >= 0.6 is 0 Å². The van der Waals surface area contributed by atoms with E-state index in [0.29, 0.717) is 0 Å². The Labute approximate surface area is 43.6 Å². The van der Waals surface area contributed by atoms with E-state index in [1.807, 2.05) is 6.92 Å². The van der Waals surface area contributed by atoms with E-state index < -0.39 is 0 Å². The van der Waals surface area contributed by atoms with Gasteiger partial charge < -0.3 is 5.32 Å². The van der Waals surface area contributed by atoms with E-state index in [1.165, 1.54) is 0 Å². The van der Waals surface area contributed by atoms with Gasteiger partial charge in [-0.2, -0.15) is 0 Å². The summed E-state index contributed by atoms with van der Waals surface area (Å²) in [6.07, 6.45) is 3.02. The van der Waals surface area contributed by atoms with Crippen LogP contribution in [0.2, 0.25) is 0 Å². The van der Waals surface area contributed by atoms with E-state index >= 15 is 0 Å². The Morgan fingerprint density at radius 1 is 1.86 bits per heavy atom. The van der Waals surface area contributed by atoms with Gasteiger partial charge in [0.2, 0.25) is 0 Å². The van der Waals surface area contributed by atoms with Crippen LogP contribution in [-0.4, -0.2) is 18.9 Å². The molecule has 1 N–H and O–H groups in total. The van der Waals surface area contributed by atoms with Crippen LogP contribution in [0.25, 0.3) is 0 Å². The zero-order chi connectivity index (χ0) is 5.11. The molecule has 2 heteroatoms. The molecule has 7 heavy (non-hydrogen) atoms. The van der Waals surface area contributed by atoms with Crippen LogP contribution in [0.5, 0.6) is 0 Å². The van der Waals surface area contributed by atoms with Crippen LogP contribution in [0.4, 0.5) is 0 Å². The Bertz CT molecular complexity index is 86.1. The van der Waals surface area contributed by atoms with Crippen molar-refractivity contribution in [2.45, 2.75) is 6.92 Å². The normalized spacial score (nSPS) is 20.4. The molecular formula is C5H8N2. The average Bonchev–Trinajstić information content (AvgIpc) is 1.69. The highest BCUT2D eigenvalue weighted by Crippen LogP contribution is 1.84. The highest BCUT2D eigenvalue weighted by atomic mass is 15.0. The maximum Gasteiger partial charge on any atom is 0.0932 e. The first-order chi connectivity index (χ1) is 3.39. The van der Waals surface area contributed by atoms with E-state index in [2.05, 4.69) is 16.7 Å². The van der Waals surface area contributed by atoms with Gasteiger partial charge >= 0.3 is 0 Å². The van der Waals surface area contributed by atoms with Crippen molar-refractivity contribution in [1.29, 1.82) is 0 Å². The van der Waals surface area contributed by atoms with Crippen LogP contribution < -0.4 is 5.32 Å². The minimum absolute atomic E-state index is 0.763. The van der Waals surface area contributed by atoms with Gasteiger partial charge in [-0.15, -0.1) is 0 Å². The summed E-state index contributed by atoms with van der Waals surface area (Å²) in [7, 11) is 0. The Morgan fingerprint density at radius 3 is 3.00 bits per heavy atom. The Kier molecular flexibility index (Phi) is 1.29. The zero-order valence-electron chi connectivity index (χ0n) is 4.36. The summed E-state index contributed by atoms with van der Waals surface area (Å²) in [4.78, 5) is 4.02. The lowest BCUT2D eigenvalue weighted by Gasteiger charge is -2.08. The summed E-state index contributed by atoms with van der Waals surface area (Å²) in [5.41, 5.74) is 0. The lowest BCUT2D eigenvalue weighted by Crippen LogP contribution is -2.26. The van der Waals surface area contributed by atoms with Gasteiger partial charge in [0.1, 0.15) is 0 Å². The molecule has 0 aromatic heterocycles. The largest absolute Gasteiger partial charge is 0.373 e. The lowest BCUT2D eigenvalue weighted by atomic mass is 10.4. The van der Waals surface area contributed by atoms with Gasteiger partial charge in [0.05, 0.1) is 5.84 Å². The number of hydrogen-bond acceptors (Lipinski definition) is 2. The first kappa shape index (κ1) is 4.62. The molecule has 0 saturated carbocycles. The summed E-state index contributed by atoms with van der Waals surface area (Å²) in [5.74, 6) is 1.03. The predicted molar refractivity (Wildman–Crippen MR) is 29.2 cm³/mol. The van der Waals surface area contributed by atoms with Crippen molar-refractivity contribution in [2.24, 2.45) is 4.99 Å². The molecule has 1 heterocycles. The molecule has 2 nitrogen and oxygen atoms in total. The van der Waals surface area contributed by atoms with Gasteiger partial charge in [-0.05, 0) is 6.92 Å². The topological polar surface area (TPSA) is 24.4 Å². The molecule has 0 bridgehead atoms. The molecule has 0 aliphatic carbocycles. The second-order valence-corrected chi connectivity index (χ2v) is 1.51. The predicted octanol–water partition coefficient (Wildman–Crippen LogP) is 0.0893. The fourth-order valence-electron chi connectivity index (χ4n) is 0.477.